The van der Waals surface area contributed by atoms with Crippen LogP contribution in [0, 0.1) is 6.92 Å². The van der Waals surface area contributed by atoms with Crippen LogP contribution in [-0.2, 0) is 11.2 Å². The van der Waals surface area contributed by atoms with E-state index in [0.717, 1.165) is 23.1 Å². The highest BCUT2D eigenvalue weighted by Crippen LogP contribution is 2.38. The molecule has 176 valence electrons. The van der Waals surface area contributed by atoms with Crippen LogP contribution in [0.5, 0.6) is 5.75 Å². The molecule has 5 nitrogen and oxygen atoms in total. The van der Waals surface area contributed by atoms with Crippen LogP contribution in [0.3, 0.4) is 0 Å². The van der Waals surface area contributed by atoms with Crippen LogP contribution in [-0.4, -0.2) is 47.9 Å². The zero-order valence-corrected chi connectivity index (χ0v) is 20.3. The number of likely N-dealkylation sites (N-methyl/N-ethyl adjacent to an activating group) is 1. The van der Waals surface area contributed by atoms with Gasteiger partial charge in [0, 0.05) is 25.7 Å². The molecule has 0 saturated heterocycles. The van der Waals surface area contributed by atoms with Crippen molar-refractivity contribution in [1.82, 2.24) is 9.80 Å². The Hall–Kier alpha value is -3.60. The zero-order valence-electron chi connectivity index (χ0n) is 20.3. The highest BCUT2D eigenvalue weighted by molar-refractivity contribution is 5.95. The second-order valence-corrected chi connectivity index (χ2v) is 8.90. The van der Waals surface area contributed by atoms with Gasteiger partial charge in [0.15, 0.2) is 6.10 Å². The molecular formula is C29H32N2O3. The summed E-state index contributed by atoms with van der Waals surface area (Å²) < 4.78 is 6.06. The molecule has 1 heterocycles. The van der Waals surface area contributed by atoms with E-state index in [1.165, 1.54) is 5.56 Å². The molecule has 0 radical (unpaired) electrons. The fourth-order valence-corrected chi connectivity index (χ4v) is 4.55. The molecule has 2 atom stereocenters. The maximum atomic E-state index is 13.6. The molecule has 3 aromatic carbocycles. The van der Waals surface area contributed by atoms with Crippen molar-refractivity contribution in [2.24, 2.45) is 0 Å². The van der Waals surface area contributed by atoms with Crippen molar-refractivity contribution in [3.05, 3.63) is 101 Å². The first kappa shape index (κ1) is 23.6. The van der Waals surface area contributed by atoms with Gasteiger partial charge in [0.2, 0.25) is 0 Å². The summed E-state index contributed by atoms with van der Waals surface area (Å²) in [7, 11) is 1.77. The van der Waals surface area contributed by atoms with Crippen molar-refractivity contribution in [2.45, 2.75) is 39.3 Å². The molecule has 4 rings (SSSR count). The molecule has 0 bridgehead atoms. The molecule has 0 fully saturated rings. The van der Waals surface area contributed by atoms with Gasteiger partial charge >= 0.3 is 0 Å². The summed E-state index contributed by atoms with van der Waals surface area (Å²) in [5, 5.41) is 0. The number of ether oxygens (including phenoxy) is 1. The average Bonchev–Trinajstić information content (AvgIpc) is 2.87. The van der Waals surface area contributed by atoms with Crippen molar-refractivity contribution < 1.29 is 14.3 Å². The molecule has 3 aromatic rings. The minimum absolute atomic E-state index is 0.0113. The maximum Gasteiger partial charge on any atom is 0.263 e. The Balaban J connectivity index is 1.73. The lowest BCUT2D eigenvalue weighted by molar-refractivity contribution is -0.136. The topological polar surface area (TPSA) is 49.9 Å². The Morgan fingerprint density at radius 3 is 2.53 bits per heavy atom. The number of carbonyl (C=O) groups excluding carboxylic acids is 2. The summed E-state index contributed by atoms with van der Waals surface area (Å²) in [5.41, 5.74) is 5.13. The molecular weight excluding hydrogens is 424 g/mol. The predicted octanol–water partition coefficient (Wildman–Crippen LogP) is 5.03. The Kier molecular flexibility index (Phi) is 7.01. The minimum atomic E-state index is -0.592. The van der Waals surface area contributed by atoms with Gasteiger partial charge in [-0.25, -0.2) is 0 Å². The van der Waals surface area contributed by atoms with Crippen molar-refractivity contribution in [2.75, 3.05) is 20.1 Å². The lowest BCUT2D eigenvalue weighted by Crippen LogP contribution is -2.41. The van der Waals surface area contributed by atoms with Gasteiger partial charge in [-0.2, -0.15) is 0 Å². The largest absolute Gasteiger partial charge is 0.481 e. The third kappa shape index (κ3) is 4.84. The number of rotatable bonds is 6. The van der Waals surface area contributed by atoms with E-state index in [2.05, 4.69) is 31.2 Å². The van der Waals surface area contributed by atoms with Crippen molar-refractivity contribution >= 4 is 11.8 Å². The number of aryl methyl sites for hydroxylation is 1. The molecule has 1 aliphatic rings. The molecule has 0 unspecified atom stereocenters. The number of benzene rings is 3. The van der Waals surface area contributed by atoms with Crippen LogP contribution in [0.1, 0.15) is 52.5 Å². The fraction of sp³-hybridized carbons (Fsp3) is 0.310. The summed E-state index contributed by atoms with van der Waals surface area (Å²) in [6.07, 6.45) is 0.176. The molecule has 1 aliphatic heterocycles. The standard InChI is InChI=1S/C29H32N2O3/c1-5-30(4)28(32)21(3)34-25-15-14-22-16-17-31(29(33)23-11-7-6-8-12-23)27(26(22)19-25)24-13-9-10-20(2)18-24/h6-15,18-19,21,27H,5,16-17H2,1-4H3/t21-,27+/m0/s1. The third-order valence-corrected chi connectivity index (χ3v) is 6.50. The lowest BCUT2D eigenvalue weighted by Gasteiger charge is -2.38. The summed E-state index contributed by atoms with van der Waals surface area (Å²) in [4.78, 5) is 29.7. The van der Waals surface area contributed by atoms with Crippen LogP contribution in [0.25, 0.3) is 0 Å². The van der Waals surface area contributed by atoms with Crippen molar-refractivity contribution in [3.8, 4) is 5.75 Å². The SMILES string of the molecule is CCN(C)C(=O)[C@H](C)Oc1ccc2c(c1)[C@@H](c1cccc(C)c1)N(C(=O)c1ccccc1)CC2. The van der Waals surface area contributed by atoms with Gasteiger partial charge in [-0.3, -0.25) is 9.59 Å². The molecule has 0 aromatic heterocycles. The van der Waals surface area contributed by atoms with E-state index in [9.17, 15) is 9.59 Å². The highest BCUT2D eigenvalue weighted by Gasteiger charge is 2.33. The predicted molar refractivity (Wildman–Crippen MR) is 134 cm³/mol. The van der Waals surface area contributed by atoms with Gasteiger partial charge < -0.3 is 14.5 Å². The minimum Gasteiger partial charge on any atom is -0.481 e. The first-order valence-electron chi connectivity index (χ1n) is 11.9. The normalized spacial score (nSPS) is 15.9. The van der Waals surface area contributed by atoms with E-state index >= 15 is 0 Å². The highest BCUT2D eigenvalue weighted by atomic mass is 16.5. The zero-order chi connectivity index (χ0) is 24.2. The molecule has 0 N–H and O–H groups in total. The van der Waals surface area contributed by atoms with Crippen LogP contribution >= 0.6 is 0 Å². The number of amides is 2. The van der Waals surface area contributed by atoms with Gasteiger partial charge in [-0.15, -0.1) is 0 Å². The van der Waals surface area contributed by atoms with Gasteiger partial charge in [0.05, 0.1) is 6.04 Å². The summed E-state index contributed by atoms with van der Waals surface area (Å²) in [6, 6.07) is 23.5. The number of hydrogen-bond donors (Lipinski definition) is 0. The Bertz CT molecular complexity index is 1180. The Labute approximate surface area is 202 Å². The van der Waals surface area contributed by atoms with E-state index in [4.69, 9.17) is 4.74 Å². The van der Waals surface area contributed by atoms with E-state index in [0.29, 0.717) is 24.4 Å². The quantitative estimate of drug-likeness (QED) is 0.523. The molecule has 0 aliphatic carbocycles. The van der Waals surface area contributed by atoms with Gasteiger partial charge in [-0.1, -0.05) is 54.1 Å². The van der Waals surface area contributed by atoms with Crippen molar-refractivity contribution in [1.29, 1.82) is 0 Å². The van der Waals surface area contributed by atoms with E-state index in [1.54, 1.807) is 18.9 Å². The second-order valence-electron chi connectivity index (χ2n) is 8.90. The molecule has 0 spiro atoms. The molecule has 0 saturated carbocycles. The molecule has 34 heavy (non-hydrogen) atoms. The number of nitrogens with zero attached hydrogens (tertiary/aromatic N) is 2. The second kappa shape index (κ2) is 10.1. The maximum absolute atomic E-state index is 13.6. The van der Waals surface area contributed by atoms with Crippen LogP contribution in [0.15, 0.2) is 72.8 Å². The monoisotopic (exact) mass is 456 g/mol. The van der Waals surface area contributed by atoms with Gasteiger partial charge in [0.1, 0.15) is 5.75 Å². The van der Waals surface area contributed by atoms with Crippen molar-refractivity contribution in [3.63, 3.8) is 0 Å². The van der Waals surface area contributed by atoms with Crippen LogP contribution < -0.4 is 4.74 Å². The van der Waals surface area contributed by atoms with E-state index in [-0.39, 0.29) is 17.9 Å². The summed E-state index contributed by atoms with van der Waals surface area (Å²) >= 11 is 0. The number of hydrogen-bond acceptors (Lipinski definition) is 3. The average molecular weight is 457 g/mol. The van der Waals surface area contributed by atoms with Gasteiger partial charge in [0.25, 0.3) is 11.8 Å². The fourth-order valence-electron chi connectivity index (χ4n) is 4.55. The number of carbonyl (C=O) groups is 2. The summed E-state index contributed by atoms with van der Waals surface area (Å²) in [5.74, 6) is 0.587. The van der Waals surface area contributed by atoms with E-state index < -0.39 is 6.10 Å². The van der Waals surface area contributed by atoms with E-state index in [1.807, 2.05) is 60.4 Å². The first-order valence-corrected chi connectivity index (χ1v) is 11.9. The van der Waals surface area contributed by atoms with Crippen LogP contribution in [0.2, 0.25) is 0 Å². The lowest BCUT2D eigenvalue weighted by atomic mass is 9.87. The smallest absolute Gasteiger partial charge is 0.263 e. The number of fused-ring (bicyclic) bond motifs is 1. The summed E-state index contributed by atoms with van der Waals surface area (Å²) in [6.45, 7) is 7.04. The van der Waals surface area contributed by atoms with Gasteiger partial charge in [-0.05, 0) is 68.1 Å². The molecule has 5 heteroatoms. The Morgan fingerprint density at radius 1 is 1.06 bits per heavy atom. The third-order valence-electron chi connectivity index (χ3n) is 6.50. The Morgan fingerprint density at radius 2 is 1.82 bits per heavy atom. The molecule has 2 amide bonds. The first-order chi connectivity index (χ1) is 16.4. The van der Waals surface area contributed by atoms with Crippen LogP contribution in [0.4, 0.5) is 0 Å².